The Morgan fingerprint density at radius 1 is 1.53 bits per heavy atom. The molecule has 2 heterocycles. The van der Waals surface area contributed by atoms with Crippen molar-refractivity contribution < 1.29 is 8.42 Å². The van der Waals surface area contributed by atoms with E-state index in [1.807, 2.05) is 0 Å². The van der Waals surface area contributed by atoms with Crippen LogP contribution >= 0.6 is 11.6 Å². The van der Waals surface area contributed by atoms with Crippen molar-refractivity contribution in [2.45, 2.75) is 13.1 Å². The van der Waals surface area contributed by atoms with Gasteiger partial charge in [-0.2, -0.15) is 9.40 Å². The van der Waals surface area contributed by atoms with E-state index in [0.717, 1.165) is 11.1 Å². The molecule has 0 fully saturated rings. The minimum Gasteiger partial charge on any atom is -0.265 e. The van der Waals surface area contributed by atoms with Crippen LogP contribution in [0.25, 0.3) is 0 Å². The van der Waals surface area contributed by atoms with Gasteiger partial charge in [-0.1, -0.05) is 18.2 Å². The molecule has 1 aromatic rings. The van der Waals surface area contributed by atoms with Gasteiger partial charge in [-0.15, -0.1) is 0 Å². The summed E-state index contributed by atoms with van der Waals surface area (Å²) < 4.78 is 26.1. The summed E-state index contributed by atoms with van der Waals surface area (Å²) in [6.07, 6.45) is 1.53. The summed E-state index contributed by atoms with van der Waals surface area (Å²) >= 11 is 5.89. The van der Waals surface area contributed by atoms with Crippen LogP contribution in [0.4, 0.5) is 0 Å². The van der Waals surface area contributed by atoms with Crippen molar-refractivity contribution >= 4 is 21.6 Å². The lowest BCUT2D eigenvalue weighted by Gasteiger charge is -2.25. The Balaban J connectivity index is 2.33. The van der Waals surface area contributed by atoms with Gasteiger partial charge in [0.05, 0.1) is 30.0 Å². The highest BCUT2D eigenvalue weighted by molar-refractivity contribution is 7.91. The van der Waals surface area contributed by atoms with Crippen molar-refractivity contribution in [3.63, 3.8) is 0 Å². The van der Waals surface area contributed by atoms with E-state index in [-0.39, 0.29) is 6.54 Å². The zero-order valence-corrected chi connectivity index (χ0v) is 9.50. The zero-order chi connectivity index (χ0) is 11.1. The molecule has 0 saturated carbocycles. The molecular weight excluding hydrogens is 238 g/mol. The molecule has 0 aliphatic carbocycles. The Hall–Kier alpha value is -0.850. The Kier molecular flexibility index (Phi) is 2.57. The number of sulfonamides is 1. The molecule has 0 atom stereocenters. The first-order valence-electron chi connectivity index (χ1n) is 4.37. The summed E-state index contributed by atoms with van der Waals surface area (Å²) in [7, 11) is -3.36. The normalized spacial score (nSPS) is 17.4. The van der Waals surface area contributed by atoms with Crippen molar-refractivity contribution in [1.29, 1.82) is 0 Å². The molecule has 0 bridgehead atoms. The molecule has 1 aliphatic heterocycles. The summed E-state index contributed by atoms with van der Waals surface area (Å²) in [4.78, 5) is 0. The number of aromatic nitrogens is 2. The fraction of sp³-hybridized carbons (Fsp3) is 0.375. The number of hydrogen-bond donors (Lipinski definition) is 0. The highest BCUT2D eigenvalue weighted by Crippen LogP contribution is 2.22. The van der Waals surface area contributed by atoms with E-state index >= 15 is 0 Å². The van der Waals surface area contributed by atoms with Gasteiger partial charge < -0.3 is 0 Å². The van der Waals surface area contributed by atoms with Gasteiger partial charge in [0.15, 0.2) is 0 Å². The molecule has 82 valence electrons. The molecule has 0 spiro atoms. The minimum atomic E-state index is -3.36. The van der Waals surface area contributed by atoms with Crippen LogP contribution in [0.5, 0.6) is 0 Å². The molecule has 1 aliphatic rings. The van der Waals surface area contributed by atoms with Crippen LogP contribution in [0.3, 0.4) is 0 Å². The van der Waals surface area contributed by atoms with E-state index in [1.165, 1.54) is 10.5 Å². The standard InChI is InChI=1S/C8H10ClN3O2S/c1-2-15(13,14)11-3-4-12-8(6-11)7(9)5-10-12/h2,5H,1,3-4,6H2. The smallest absolute Gasteiger partial charge is 0.236 e. The molecule has 0 N–H and O–H groups in total. The summed E-state index contributed by atoms with van der Waals surface area (Å²) in [5, 5.41) is 5.49. The molecule has 0 unspecified atom stereocenters. The third-order valence-corrected chi connectivity index (χ3v) is 4.12. The van der Waals surface area contributed by atoms with Gasteiger partial charge in [0.25, 0.3) is 0 Å². The predicted octanol–water partition coefficient (Wildman–Crippen LogP) is 0.825. The average molecular weight is 248 g/mol. The molecule has 7 heteroatoms. The van der Waals surface area contributed by atoms with Crippen LogP contribution in [-0.4, -0.2) is 29.0 Å². The largest absolute Gasteiger partial charge is 0.265 e. The lowest BCUT2D eigenvalue weighted by atomic mass is 10.3. The number of halogens is 1. The molecule has 0 radical (unpaired) electrons. The van der Waals surface area contributed by atoms with Gasteiger partial charge in [0.2, 0.25) is 10.0 Å². The van der Waals surface area contributed by atoms with Crippen molar-refractivity contribution in [1.82, 2.24) is 14.1 Å². The van der Waals surface area contributed by atoms with Gasteiger partial charge in [0, 0.05) is 12.0 Å². The Morgan fingerprint density at radius 3 is 2.93 bits per heavy atom. The van der Waals surface area contributed by atoms with Gasteiger partial charge >= 0.3 is 0 Å². The molecule has 0 saturated heterocycles. The molecule has 0 amide bonds. The number of hydrogen-bond acceptors (Lipinski definition) is 3. The fourth-order valence-electron chi connectivity index (χ4n) is 1.51. The van der Waals surface area contributed by atoms with E-state index < -0.39 is 10.0 Å². The SMILES string of the molecule is C=CS(=O)(=O)N1CCn2ncc(Cl)c2C1. The topological polar surface area (TPSA) is 55.2 Å². The summed E-state index contributed by atoms with van der Waals surface area (Å²) in [6.45, 7) is 4.47. The van der Waals surface area contributed by atoms with E-state index in [1.54, 1.807) is 4.68 Å². The minimum absolute atomic E-state index is 0.257. The van der Waals surface area contributed by atoms with E-state index in [9.17, 15) is 8.42 Å². The van der Waals surface area contributed by atoms with Gasteiger partial charge in [-0.3, -0.25) is 4.68 Å². The lowest BCUT2D eigenvalue weighted by Crippen LogP contribution is -2.37. The summed E-state index contributed by atoms with van der Waals surface area (Å²) in [5.74, 6) is 0. The first-order chi connectivity index (χ1) is 7.04. The summed E-state index contributed by atoms with van der Waals surface area (Å²) in [6, 6.07) is 0. The Labute approximate surface area is 93.0 Å². The van der Waals surface area contributed by atoms with Crippen molar-refractivity contribution in [3.05, 3.63) is 28.9 Å². The first-order valence-corrected chi connectivity index (χ1v) is 6.25. The van der Waals surface area contributed by atoms with Crippen LogP contribution in [0.1, 0.15) is 5.69 Å². The van der Waals surface area contributed by atoms with Crippen molar-refractivity contribution in [2.24, 2.45) is 0 Å². The van der Waals surface area contributed by atoms with Crippen LogP contribution in [0.15, 0.2) is 18.2 Å². The predicted molar refractivity (Wildman–Crippen MR) is 56.8 cm³/mol. The van der Waals surface area contributed by atoms with Crippen LogP contribution in [0.2, 0.25) is 5.02 Å². The molecule has 1 aromatic heterocycles. The number of nitrogens with zero attached hydrogens (tertiary/aromatic N) is 3. The maximum atomic E-state index is 11.5. The quantitative estimate of drug-likeness (QED) is 0.778. The maximum Gasteiger partial charge on any atom is 0.236 e. The average Bonchev–Trinajstić information content (AvgIpc) is 2.60. The third-order valence-electron chi connectivity index (χ3n) is 2.36. The monoisotopic (exact) mass is 247 g/mol. The molecule has 0 aromatic carbocycles. The molecular formula is C8H10ClN3O2S. The number of fused-ring (bicyclic) bond motifs is 1. The molecule has 2 rings (SSSR count). The highest BCUT2D eigenvalue weighted by Gasteiger charge is 2.26. The van der Waals surface area contributed by atoms with E-state index in [2.05, 4.69) is 11.7 Å². The lowest BCUT2D eigenvalue weighted by molar-refractivity contribution is 0.330. The van der Waals surface area contributed by atoms with Gasteiger partial charge in [-0.05, 0) is 0 Å². The van der Waals surface area contributed by atoms with Gasteiger partial charge in [-0.25, -0.2) is 8.42 Å². The number of rotatable bonds is 2. The van der Waals surface area contributed by atoms with Crippen molar-refractivity contribution in [3.8, 4) is 0 Å². The molecule has 15 heavy (non-hydrogen) atoms. The van der Waals surface area contributed by atoms with Crippen molar-refractivity contribution in [2.75, 3.05) is 6.54 Å². The Morgan fingerprint density at radius 2 is 2.27 bits per heavy atom. The highest BCUT2D eigenvalue weighted by atomic mass is 35.5. The molecule has 5 nitrogen and oxygen atoms in total. The van der Waals surface area contributed by atoms with E-state index in [0.29, 0.717) is 18.1 Å². The van der Waals surface area contributed by atoms with E-state index in [4.69, 9.17) is 11.6 Å². The zero-order valence-electron chi connectivity index (χ0n) is 7.93. The summed E-state index contributed by atoms with van der Waals surface area (Å²) in [5.41, 5.74) is 0.730. The van der Waals surface area contributed by atoms with Crippen LogP contribution < -0.4 is 0 Å². The Bertz CT molecular complexity index is 494. The first kappa shape index (κ1) is 10.7. The van der Waals surface area contributed by atoms with Crippen LogP contribution in [-0.2, 0) is 23.1 Å². The second-order valence-electron chi connectivity index (χ2n) is 3.21. The van der Waals surface area contributed by atoms with Gasteiger partial charge in [0.1, 0.15) is 0 Å². The third kappa shape index (κ3) is 1.80. The second kappa shape index (κ2) is 3.62. The maximum absolute atomic E-state index is 11.5. The fourth-order valence-corrected chi connectivity index (χ4v) is 2.56. The second-order valence-corrected chi connectivity index (χ2v) is 5.49. The van der Waals surface area contributed by atoms with Crippen LogP contribution in [0, 0.1) is 0 Å².